The van der Waals surface area contributed by atoms with Gasteiger partial charge in [0.15, 0.2) is 0 Å². The number of fused-ring (bicyclic) bond motifs is 3. The summed E-state index contributed by atoms with van der Waals surface area (Å²) in [7, 11) is 0. The molecule has 0 nitrogen and oxygen atoms in total. The fourth-order valence-corrected chi connectivity index (χ4v) is 8.24. The van der Waals surface area contributed by atoms with E-state index in [-0.39, 0.29) is 0 Å². The zero-order valence-electron chi connectivity index (χ0n) is 17.3. The zero-order valence-corrected chi connectivity index (χ0v) is 20.5. The third-order valence-electron chi connectivity index (χ3n) is 5.75. The number of unbranched alkanes of at least 4 members (excludes halogenated alkanes) is 5. The lowest BCUT2D eigenvalue weighted by atomic mass is 10.1. The van der Waals surface area contributed by atoms with Crippen LogP contribution in [0.1, 0.15) is 50.3 Å². The minimum atomic E-state index is 1.24. The van der Waals surface area contributed by atoms with Crippen LogP contribution in [0.25, 0.3) is 41.1 Å². The smallest absolute Gasteiger partial charge is 0.0521 e. The van der Waals surface area contributed by atoms with Crippen LogP contribution in [0.15, 0.2) is 52.5 Å². The second-order valence-corrected chi connectivity index (χ2v) is 11.8. The van der Waals surface area contributed by atoms with Crippen LogP contribution in [0, 0.1) is 0 Å². The van der Waals surface area contributed by atoms with E-state index >= 15 is 0 Å². The summed E-state index contributed by atoms with van der Waals surface area (Å²) in [5.41, 5.74) is 0. The molecule has 5 aromatic rings. The summed E-state index contributed by atoms with van der Waals surface area (Å²) >= 11 is 7.61. The van der Waals surface area contributed by atoms with Crippen LogP contribution in [0.2, 0.25) is 0 Å². The Balaban J connectivity index is 1.30. The highest BCUT2D eigenvalue weighted by Gasteiger charge is 2.13. The molecule has 0 saturated carbocycles. The summed E-state index contributed by atoms with van der Waals surface area (Å²) in [6.07, 6.45) is 9.46. The summed E-state index contributed by atoms with van der Waals surface area (Å²) in [5.74, 6) is 0. The molecule has 0 radical (unpaired) electrons. The average molecular weight is 467 g/mol. The lowest BCUT2D eigenvalue weighted by Crippen LogP contribution is -1.82. The third-order valence-corrected chi connectivity index (χ3v) is 10.1. The molecule has 0 fully saturated rings. The maximum atomic E-state index is 2.35. The minimum absolute atomic E-state index is 1.24. The van der Waals surface area contributed by atoms with Gasteiger partial charge in [-0.2, -0.15) is 11.3 Å². The molecule has 154 valence electrons. The highest BCUT2D eigenvalue weighted by molar-refractivity contribution is 7.26. The summed E-state index contributed by atoms with van der Waals surface area (Å²) in [6, 6.07) is 13.9. The van der Waals surface area contributed by atoms with E-state index in [1.54, 1.807) is 11.3 Å². The summed E-state index contributed by atoms with van der Waals surface area (Å²) in [6.45, 7) is 2.28. The molecule has 0 aliphatic rings. The van der Waals surface area contributed by atoms with Crippen molar-refractivity contribution in [3.05, 3.63) is 57.4 Å². The molecule has 4 heteroatoms. The molecule has 0 unspecified atom stereocenters. The van der Waals surface area contributed by atoms with E-state index < -0.39 is 0 Å². The van der Waals surface area contributed by atoms with Gasteiger partial charge in [0, 0.05) is 35.7 Å². The first-order valence-corrected chi connectivity index (χ1v) is 14.3. The third kappa shape index (κ3) is 4.16. The van der Waals surface area contributed by atoms with Crippen molar-refractivity contribution in [2.75, 3.05) is 0 Å². The molecule has 0 spiro atoms. The van der Waals surface area contributed by atoms with Gasteiger partial charge < -0.3 is 0 Å². The van der Waals surface area contributed by atoms with Crippen LogP contribution < -0.4 is 0 Å². The molecule has 0 aliphatic carbocycles. The van der Waals surface area contributed by atoms with Crippen molar-refractivity contribution in [2.24, 2.45) is 0 Å². The minimum Gasteiger partial charge on any atom is -0.151 e. The summed E-state index contributed by atoms with van der Waals surface area (Å²) < 4.78 is 0. The van der Waals surface area contributed by atoms with Crippen molar-refractivity contribution in [2.45, 2.75) is 51.9 Å². The first-order valence-electron chi connectivity index (χ1n) is 10.9. The number of benzene rings is 1. The van der Waals surface area contributed by atoms with Gasteiger partial charge >= 0.3 is 0 Å². The first kappa shape index (κ1) is 20.4. The quantitative estimate of drug-likeness (QED) is 0.189. The summed E-state index contributed by atoms with van der Waals surface area (Å²) in [4.78, 5) is 7.18. The number of thiophene rings is 4. The number of hydrogen-bond acceptors (Lipinski definition) is 4. The van der Waals surface area contributed by atoms with Gasteiger partial charge in [0.05, 0.1) is 4.88 Å². The van der Waals surface area contributed by atoms with E-state index in [1.165, 1.54) is 90.9 Å². The van der Waals surface area contributed by atoms with Crippen LogP contribution >= 0.6 is 45.3 Å². The Bertz CT molecular complexity index is 1250. The Morgan fingerprint density at radius 1 is 0.633 bits per heavy atom. The van der Waals surface area contributed by atoms with Crippen molar-refractivity contribution in [1.82, 2.24) is 0 Å². The van der Waals surface area contributed by atoms with Crippen molar-refractivity contribution in [3.8, 4) is 19.5 Å². The van der Waals surface area contributed by atoms with Crippen LogP contribution in [0.4, 0.5) is 0 Å². The average Bonchev–Trinajstić information content (AvgIpc) is 3.54. The highest BCUT2D eigenvalue weighted by Crippen LogP contribution is 2.44. The van der Waals surface area contributed by atoms with E-state index in [4.69, 9.17) is 0 Å². The van der Waals surface area contributed by atoms with Gasteiger partial charge in [0.1, 0.15) is 0 Å². The SMILES string of the molecule is CCCCCCCCc1ccc(-c2ccc(-c3scc4c3ccc3cscc34)s2)s1. The molecule has 1 aromatic carbocycles. The standard InChI is InChI=1S/C26H26S4/c1-2-3-4-5-6-7-8-19-10-12-23(29-19)24-13-14-25(30-24)26-20-11-9-18-15-27-16-21(18)22(20)17-28-26/h9-17H,2-8H2,1H3. The maximum Gasteiger partial charge on any atom is 0.0521 e. The van der Waals surface area contributed by atoms with Crippen LogP contribution in [-0.4, -0.2) is 0 Å². The Morgan fingerprint density at radius 3 is 2.37 bits per heavy atom. The van der Waals surface area contributed by atoms with Gasteiger partial charge in [-0.3, -0.25) is 0 Å². The van der Waals surface area contributed by atoms with Gasteiger partial charge in [0.25, 0.3) is 0 Å². The molecule has 4 heterocycles. The molecule has 5 rings (SSSR count). The second kappa shape index (κ2) is 9.35. The first-order chi connectivity index (χ1) is 14.8. The molecule has 4 aromatic heterocycles. The fourth-order valence-electron chi connectivity index (χ4n) is 4.08. The highest BCUT2D eigenvalue weighted by atomic mass is 32.1. The number of hydrogen-bond donors (Lipinski definition) is 0. The van der Waals surface area contributed by atoms with Crippen molar-refractivity contribution in [1.29, 1.82) is 0 Å². The van der Waals surface area contributed by atoms with Crippen molar-refractivity contribution in [3.63, 3.8) is 0 Å². The van der Waals surface area contributed by atoms with Crippen LogP contribution in [0.3, 0.4) is 0 Å². The molecule has 0 aliphatic heterocycles. The van der Waals surface area contributed by atoms with Crippen LogP contribution in [0.5, 0.6) is 0 Å². The van der Waals surface area contributed by atoms with E-state index in [9.17, 15) is 0 Å². The molecule has 0 amide bonds. The van der Waals surface area contributed by atoms with Gasteiger partial charge in [-0.25, -0.2) is 0 Å². The normalized spacial score (nSPS) is 11.8. The predicted octanol–water partition coefficient (Wildman–Crippen LogP) is 10.5. The molecule has 0 atom stereocenters. The molecular formula is C26H26S4. The van der Waals surface area contributed by atoms with Gasteiger partial charge in [-0.05, 0) is 58.6 Å². The van der Waals surface area contributed by atoms with Crippen molar-refractivity contribution < 1.29 is 0 Å². The van der Waals surface area contributed by atoms with E-state index in [0.717, 1.165) is 0 Å². The molecule has 30 heavy (non-hydrogen) atoms. The van der Waals surface area contributed by atoms with Crippen molar-refractivity contribution >= 4 is 66.9 Å². The van der Waals surface area contributed by atoms with Crippen LogP contribution in [-0.2, 0) is 6.42 Å². The Hall–Kier alpha value is -1.46. The van der Waals surface area contributed by atoms with E-state index in [1.807, 2.05) is 34.0 Å². The van der Waals surface area contributed by atoms with E-state index in [0.29, 0.717) is 0 Å². The number of rotatable bonds is 9. The van der Waals surface area contributed by atoms with Gasteiger partial charge in [-0.15, -0.1) is 34.0 Å². The maximum absolute atomic E-state index is 2.35. The predicted molar refractivity (Wildman–Crippen MR) is 141 cm³/mol. The van der Waals surface area contributed by atoms with Gasteiger partial charge in [-0.1, -0.05) is 51.2 Å². The van der Waals surface area contributed by atoms with E-state index in [2.05, 4.69) is 59.5 Å². The zero-order chi connectivity index (χ0) is 20.3. The monoisotopic (exact) mass is 466 g/mol. The fraction of sp³-hybridized carbons (Fsp3) is 0.308. The number of aryl methyl sites for hydroxylation is 1. The molecule has 0 saturated heterocycles. The molecule has 0 bridgehead atoms. The lowest BCUT2D eigenvalue weighted by Gasteiger charge is -1.99. The lowest BCUT2D eigenvalue weighted by molar-refractivity contribution is 0.609. The largest absolute Gasteiger partial charge is 0.151 e. The van der Waals surface area contributed by atoms with Gasteiger partial charge in [0.2, 0.25) is 0 Å². The molecule has 0 N–H and O–H groups in total. The topological polar surface area (TPSA) is 0 Å². The summed E-state index contributed by atoms with van der Waals surface area (Å²) in [5, 5.41) is 12.4. The second-order valence-electron chi connectivity index (χ2n) is 7.91. The Kier molecular flexibility index (Phi) is 6.37. The Labute approximate surface area is 194 Å². The Morgan fingerprint density at radius 2 is 1.43 bits per heavy atom. The molecular weight excluding hydrogens is 441 g/mol.